The van der Waals surface area contributed by atoms with E-state index in [-0.39, 0.29) is 11.9 Å². The van der Waals surface area contributed by atoms with Gasteiger partial charge in [-0.1, -0.05) is 19.1 Å². The molecule has 0 bridgehead atoms. The molecule has 0 amide bonds. The van der Waals surface area contributed by atoms with Gasteiger partial charge in [0.15, 0.2) is 0 Å². The van der Waals surface area contributed by atoms with Crippen LogP contribution < -0.4 is 5.73 Å². The number of nitrogens with two attached hydrogens (primary N) is 1. The first-order valence-electron chi connectivity index (χ1n) is 4.62. The summed E-state index contributed by atoms with van der Waals surface area (Å²) in [6, 6.07) is 7.34. The molecule has 2 N–H and O–H groups in total. The van der Waals surface area contributed by atoms with Crippen molar-refractivity contribution in [2.75, 3.05) is 12.8 Å². The Bertz CT molecular complexity index is 323. The maximum absolute atomic E-state index is 11.4. The summed E-state index contributed by atoms with van der Waals surface area (Å²) >= 11 is 0. The van der Waals surface area contributed by atoms with Gasteiger partial charge in [0.25, 0.3) is 0 Å². The number of benzene rings is 1. The molecule has 14 heavy (non-hydrogen) atoms. The Hall–Kier alpha value is -1.51. The number of carbonyl (C=O) groups excluding carboxylic acids is 1. The highest BCUT2D eigenvalue weighted by molar-refractivity contribution is 5.78. The normalized spacial score (nSPS) is 12.1. The SMILES string of the molecule is CCC(C(=O)OC)c1cccc(N)c1. The fourth-order valence-electron chi connectivity index (χ4n) is 1.46. The molecule has 1 aromatic carbocycles. The second-order valence-corrected chi connectivity index (χ2v) is 3.15. The van der Waals surface area contributed by atoms with Crippen LogP contribution in [-0.4, -0.2) is 13.1 Å². The van der Waals surface area contributed by atoms with Crippen LogP contribution in [0.4, 0.5) is 5.69 Å². The minimum atomic E-state index is -0.210. The number of rotatable bonds is 3. The second kappa shape index (κ2) is 4.65. The molecular formula is C11H15NO2. The van der Waals surface area contributed by atoms with Gasteiger partial charge in [-0.15, -0.1) is 0 Å². The van der Waals surface area contributed by atoms with Crippen LogP contribution in [0, 0.1) is 0 Å². The van der Waals surface area contributed by atoms with Crippen LogP contribution in [0.15, 0.2) is 24.3 Å². The number of hydrogen-bond acceptors (Lipinski definition) is 3. The molecule has 0 aromatic heterocycles. The van der Waals surface area contributed by atoms with E-state index < -0.39 is 0 Å². The Balaban J connectivity index is 2.94. The van der Waals surface area contributed by atoms with E-state index in [1.165, 1.54) is 7.11 Å². The number of methoxy groups -OCH3 is 1. The van der Waals surface area contributed by atoms with Crippen molar-refractivity contribution in [3.8, 4) is 0 Å². The van der Waals surface area contributed by atoms with Crippen molar-refractivity contribution in [2.24, 2.45) is 0 Å². The van der Waals surface area contributed by atoms with E-state index in [0.717, 1.165) is 12.0 Å². The van der Waals surface area contributed by atoms with E-state index in [1.807, 2.05) is 25.1 Å². The van der Waals surface area contributed by atoms with Crippen LogP contribution in [0.2, 0.25) is 0 Å². The molecule has 3 nitrogen and oxygen atoms in total. The highest BCUT2D eigenvalue weighted by Crippen LogP contribution is 2.22. The van der Waals surface area contributed by atoms with Gasteiger partial charge < -0.3 is 10.5 Å². The fourth-order valence-corrected chi connectivity index (χ4v) is 1.46. The number of esters is 1. The first-order chi connectivity index (χ1) is 6.69. The quantitative estimate of drug-likeness (QED) is 0.589. The molecule has 1 aromatic rings. The maximum atomic E-state index is 11.4. The summed E-state index contributed by atoms with van der Waals surface area (Å²) in [5.41, 5.74) is 7.23. The minimum Gasteiger partial charge on any atom is -0.469 e. The number of anilines is 1. The predicted molar refractivity (Wildman–Crippen MR) is 55.9 cm³/mol. The summed E-state index contributed by atoms with van der Waals surface area (Å²) in [4.78, 5) is 11.4. The van der Waals surface area contributed by atoms with Gasteiger partial charge in [0.1, 0.15) is 0 Å². The third-order valence-electron chi connectivity index (χ3n) is 2.21. The minimum absolute atomic E-state index is 0.205. The van der Waals surface area contributed by atoms with Gasteiger partial charge in [0.05, 0.1) is 13.0 Å². The predicted octanol–water partition coefficient (Wildman–Crippen LogP) is 1.94. The van der Waals surface area contributed by atoms with Crippen LogP contribution in [0.3, 0.4) is 0 Å². The van der Waals surface area contributed by atoms with E-state index in [2.05, 4.69) is 0 Å². The van der Waals surface area contributed by atoms with Crippen molar-refractivity contribution in [2.45, 2.75) is 19.3 Å². The van der Waals surface area contributed by atoms with Gasteiger partial charge in [0.2, 0.25) is 0 Å². The van der Waals surface area contributed by atoms with Crippen LogP contribution in [0.25, 0.3) is 0 Å². The lowest BCUT2D eigenvalue weighted by Gasteiger charge is -2.12. The van der Waals surface area contributed by atoms with Crippen molar-refractivity contribution < 1.29 is 9.53 Å². The summed E-state index contributed by atoms with van der Waals surface area (Å²) in [7, 11) is 1.40. The van der Waals surface area contributed by atoms with Gasteiger partial charge in [0, 0.05) is 5.69 Å². The van der Waals surface area contributed by atoms with E-state index in [1.54, 1.807) is 6.07 Å². The van der Waals surface area contributed by atoms with Crippen molar-refractivity contribution in [1.29, 1.82) is 0 Å². The fraction of sp³-hybridized carbons (Fsp3) is 0.364. The zero-order valence-electron chi connectivity index (χ0n) is 8.49. The number of carbonyl (C=O) groups is 1. The van der Waals surface area contributed by atoms with Gasteiger partial charge in [-0.2, -0.15) is 0 Å². The topological polar surface area (TPSA) is 52.3 Å². The number of ether oxygens (including phenoxy) is 1. The molecule has 0 aliphatic carbocycles. The Morgan fingerprint density at radius 1 is 1.57 bits per heavy atom. The second-order valence-electron chi connectivity index (χ2n) is 3.15. The molecule has 0 aliphatic heterocycles. The molecule has 3 heteroatoms. The molecule has 0 saturated carbocycles. The third-order valence-corrected chi connectivity index (χ3v) is 2.21. The van der Waals surface area contributed by atoms with Crippen molar-refractivity contribution in [1.82, 2.24) is 0 Å². The zero-order valence-corrected chi connectivity index (χ0v) is 8.49. The lowest BCUT2D eigenvalue weighted by molar-refractivity contribution is -0.142. The molecule has 76 valence electrons. The molecule has 0 aliphatic rings. The monoisotopic (exact) mass is 193 g/mol. The summed E-state index contributed by atoms with van der Waals surface area (Å²) in [6.07, 6.45) is 0.718. The average molecular weight is 193 g/mol. The standard InChI is InChI=1S/C11H15NO2/c1-3-10(11(13)14-2)8-5-4-6-9(12)7-8/h4-7,10H,3,12H2,1-2H3. The highest BCUT2D eigenvalue weighted by atomic mass is 16.5. The van der Waals surface area contributed by atoms with Crippen molar-refractivity contribution in [3.63, 3.8) is 0 Å². The van der Waals surface area contributed by atoms with Gasteiger partial charge in [-0.25, -0.2) is 0 Å². The molecule has 1 unspecified atom stereocenters. The van der Waals surface area contributed by atoms with Crippen LogP contribution in [0.1, 0.15) is 24.8 Å². The largest absolute Gasteiger partial charge is 0.469 e. The number of nitrogen functional groups attached to an aromatic ring is 1. The first kappa shape index (κ1) is 10.6. The Kier molecular flexibility index (Phi) is 3.51. The lowest BCUT2D eigenvalue weighted by Crippen LogP contribution is -2.13. The lowest BCUT2D eigenvalue weighted by atomic mass is 9.96. The molecule has 0 saturated heterocycles. The first-order valence-corrected chi connectivity index (χ1v) is 4.62. The molecule has 0 fully saturated rings. The highest BCUT2D eigenvalue weighted by Gasteiger charge is 2.18. The Morgan fingerprint density at radius 2 is 2.29 bits per heavy atom. The Labute approximate surface area is 83.9 Å². The van der Waals surface area contributed by atoms with E-state index in [9.17, 15) is 4.79 Å². The molecule has 0 heterocycles. The van der Waals surface area contributed by atoms with Gasteiger partial charge >= 0.3 is 5.97 Å². The van der Waals surface area contributed by atoms with Crippen LogP contribution in [-0.2, 0) is 9.53 Å². The number of hydrogen-bond donors (Lipinski definition) is 1. The smallest absolute Gasteiger partial charge is 0.313 e. The average Bonchev–Trinajstić information content (AvgIpc) is 2.19. The van der Waals surface area contributed by atoms with E-state index in [0.29, 0.717) is 5.69 Å². The Morgan fingerprint density at radius 3 is 2.79 bits per heavy atom. The molecule has 0 radical (unpaired) electrons. The van der Waals surface area contributed by atoms with Crippen molar-refractivity contribution in [3.05, 3.63) is 29.8 Å². The third kappa shape index (κ3) is 2.25. The molecule has 0 spiro atoms. The van der Waals surface area contributed by atoms with E-state index in [4.69, 9.17) is 10.5 Å². The summed E-state index contributed by atoms with van der Waals surface area (Å²) < 4.78 is 4.72. The van der Waals surface area contributed by atoms with Gasteiger partial charge in [-0.05, 0) is 24.1 Å². The van der Waals surface area contributed by atoms with Crippen molar-refractivity contribution >= 4 is 11.7 Å². The molecular weight excluding hydrogens is 178 g/mol. The molecule has 1 rings (SSSR count). The summed E-state index contributed by atoms with van der Waals surface area (Å²) in [5.74, 6) is -0.415. The summed E-state index contributed by atoms with van der Waals surface area (Å²) in [6.45, 7) is 1.95. The molecule has 1 atom stereocenters. The maximum Gasteiger partial charge on any atom is 0.313 e. The van der Waals surface area contributed by atoms with Gasteiger partial charge in [-0.3, -0.25) is 4.79 Å². The van der Waals surface area contributed by atoms with Crippen LogP contribution >= 0.6 is 0 Å². The summed E-state index contributed by atoms with van der Waals surface area (Å²) in [5, 5.41) is 0. The van der Waals surface area contributed by atoms with E-state index >= 15 is 0 Å². The van der Waals surface area contributed by atoms with Crippen LogP contribution in [0.5, 0.6) is 0 Å². The zero-order chi connectivity index (χ0) is 10.6.